The van der Waals surface area contributed by atoms with E-state index >= 15 is 0 Å². The van der Waals surface area contributed by atoms with Crippen molar-refractivity contribution >= 4 is 25.1 Å². The first-order valence-electron chi connectivity index (χ1n) is 5.42. The van der Waals surface area contributed by atoms with E-state index < -0.39 is 25.3 Å². The maximum atomic E-state index is 12.2. The largest absolute Gasteiger partial charge is 0.352 e. The van der Waals surface area contributed by atoms with Crippen molar-refractivity contribution in [3.63, 3.8) is 0 Å². The van der Waals surface area contributed by atoms with E-state index in [4.69, 9.17) is 26.4 Å². The average Bonchev–Trinajstić information content (AvgIpc) is 2.28. The molecule has 0 heterocycles. The van der Waals surface area contributed by atoms with Gasteiger partial charge in [-0.3, -0.25) is 9.36 Å². The van der Waals surface area contributed by atoms with Crippen LogP contribution in [0.1, 0.15) is 20.8 Å². The SMILES string of the molecule is CCOP(=O)(OCC)C(C)NC(=O)[C@@H](N)CCl. The van der Waals surface area contributed by atoms with E-state index in [0.717, 1.165) is 0 Å². The van der Waals surface area contributed by atoms with Crippen LogP contribution in [0.25, 0.3) is 0 Å². The Kier molecular flexibility index (Phi) is 8.00. The van der Waals surface area contributed by atoms with Crippen LogP contribution in [0.15, 0.2) is 0 Å². The van der Waals surface area contributed by atoms with E-state index in [0.29, 0.717) is 0 Å². The molecule has 6 nitrogen and oxygen atoms in total. The molecule has 0 saturated carbocycles. The number of hydrogen-bond donors (Lipinski definition) is 2. The van der Waals surface area contributed by atoms with E-state index in [9.17, 15) is 9.36 Å². The maximum Gasteiger partial charge on any atom is 0.352 e. The van der Waals surface area contributed by atoms with Gasteiger partial charge in [-0.05, 0) is 20.8 Å². The summed E-state index contributed by atoms with van der Waals surface area (Å²) in [4.78, 5) is 11.5. The molecule has 0 fully saturated rings. The Labute approximate surface area is 107 Å². The molecule has 0 spiro atoms. The Morgan fingerprint density at radius 1 is 1.41 bits per heavy atom. The summed E-state index contributed by atoms with van der Waals surface area (Å²) in [5.41, 5.74) is 5.44. The van der Waals surface area contributed by atoms with Gasteiger partial charge in [0.2, 0.25) is 5.91 Å². The molecule has 102 valence electrons. The third-order valence-electron chi connectivity index (χ3n) is 1.95. The molecule has 0 aliphatic carbocycles. The fourth-order valence-corrected chi connectivity index (χ4v) is 2.75. The fraction of sp³-hybridized carbons (Fsp3) is 0.889. The normalized spacial score (nSPS) is 15.4. The molecule has 0 bridgehead atoms. The second-order valence-corrected chi connectivity index (χ2v) is 6.00. The number of rotatable bonds is 8. The third kappa shape index (κ3) is 5.36. The standard InChI is InChI=1S/C9H20ClN2O4P/c1-4-15-17(14,16-5-2)7(3)12-9(13)8(11)6-10/h7-8H,4-6,11H2,1-3H3,(H,12,13)/t7?,8-/m0/s1. The number of carbonyl (C=O) groups excluding carboxylic acids is 1. The van der Waals surface area contributed by atoms with Crippen LogP contribution >= 0.6 is 19.2 Å². The number of carbonyl (C=O) groups is 1. The number of amides is 1. The van der Waals surface area contributed by atoms with Crippen LogP contribution in [0, 0.1) is 0 Å². The molecule has 2 atom stereocenters. The van der Waals surface area contributed by atoms with Gasteiger partial charge in [-0.1, -0.05) is 0 Å². The maximum absolute atomic E-state index is 12.2. The van der Waals surface area contributed by atoms with Crippen molar-refractivity contribution in [3.8, 4) is 0 Å². The number of halogens is 1. The summed E-state index contributed by atoms with van der Waals surface area (Å²) in [7, 11) is -3.35. The monoisotopic (exact) mass is 286 g/mol. The van der Waals surface area contributed by atoms with Crippen LogP contribution in [0.3, 0.4) is 0 Å². The van der Waals surface area contributed by atoms with Crippen LogP contribution in [0.4, 0.5) is 0 Å². The topological polar surface area (TPSA) is 90.6 Å². The molecule has 17 heavy (non-hydrogen) atoms. The summed E-state index contributed by atoms with van der Waals surface area (Å²) in [6.07, 6.45) is 0. The number of nitrogens with one attached hydrogen (secondary N) is 1. The zero-order chi connectivity index (χ0) is 13.5. The lowest BCUT2D eigenvalue weighted by Gasteiger charge is -2.24. The highest BCUT2D eigenvalue weighted by molar-refractivity contribution is 7.54. The second-order valence-electron chi connectivity index (χ2n) is 3.32. The Morgan fingerprint density at radius 3 is 2.24 bits per heavy atom. The smallest absolute Gasteiger partial charge is 0.341 e. The predicted molar refractivity (Wildman–Crippen MR) is 67.2 cm³/mol. The van der Waals surface area contributed by atoms with E-state index in [-0.39, 0.29) is 19.1 Å². The van der Waals surface area contributed by atoms with Crippen LogP contribution < -0.4 is 11.1 Å². The first-order valence-corrected chi connectivity index (χ1v) is 7.56. The van der Waals surface area contributed by atoms with Gasteiger partial charge in [0.15, 0.2) is 0 Å². The van der Waals surface area contributed by atoms with Crippen molar-refractivity contribution in [2.24, 2.45) is 5.73 Å². The first kappa shape index (κ1) is 16.9. The van der Waals surface area contributed by atoms with Gasteiger partial charge < -0.3 is 20.1 Å². The molecule has 0 rings (SSSR count). The van der Waals surface area contributed by atoms with Crippen LogP contribution in [0.2, 0.25) is 0 Å². The number of hydrogen-bond acceptors (Lipinski definition) is 5. The molecule has 0 aromatic carbocycles. The van der Waals surface area contributed by atoms with Crippen molar-refractivity contribution in [2.45, 2.75) is 32.6 Å². The molecular formula is C9H20ClN2O4P. The Balaban J connectivity index is 4.58. The lowest BCUT2D eigenvalue weighted by molar-refractivity contribution is -0.122. The Bertz CT molecular complexity index is 280. The average molecular weight is 287 g/mol. The summed E-state index contributed by atoms with van der Waals surface area (Å²) in [5, 5.41) is 2.48. The highest BCUT2D eigenvalue weighted by Crippen LogP contribution is 2.51. The summed E-state index contributed by atoms with van der Waals surface area (Å²) < 4.78 is 22.4. The number of nitrogens with two attached hydrogens (primary N) is 1. The first-order chi connectivity index (χ1) is 7.91. The Hall–Kier alpha value is -0.130. The summed E-state index contributed by atoms with van der Waals surface area (Å²) in [6.45, 7) is 5.42. The van der Waals surface area contributed by atoms with Gasteiger partial charge in [0.05, 0.1) is 19.3 Å². The fourth-order valence-electron chi connectivity index (χ4n) is 1.08. The summed E-state index contributed by atoms with van der Waals surface area (Å²) in [5.74, 6) is -1.25. The van der Waals surface area contributed by atoms with Gasteiger partial charge in [0.1, 0.15) is 5.78 Å². The van der Waals surface area contributed by atoms with Gasteiger partial charge in [0, 0.05) is 5.88 Å². The summed E-state index contributed by atoms with van der Waals surface area (Å²) in [6, 6.07) is -0.837. The Morgan fingerprint density at radius 2 is 1.88 bits per heavy atom. The van der Waals surface area contributed by atoms with Crippen LogP contribution in [-0.2, 0) is 18.4 Å². The van der Waals surface area contributed by atoms with Crippen LogP contribution in [-0.4, -0.2) is 36.8 Å². The van der Waals surface area contributed by atoms with Crippen LogP contribution in [0.5, 0.6) is 0 Å². The second kappa shape index (κ2) is 8.06. The van der Waals surface area contributed by atoms with Crippen molar-refractivity contribution in [3.05, 3.63) is 0 Å². The molecule has 1 unspecified atom stereocenters. The molecule has 8 heteroatoms. The predicted octanol–water partition coefficient (Wildman–Crippen LogP) is 1.28. The lowest BCUT2D eigenvalue weighted by Crippen LogP contribution is -2.45. The van der Waals surface area contributed by atoms with Crippen molar-refractivity contribution < 1.29 is 18.4 Å². The molecule has 3 N–H and O–H groups in total. The molecule has 0 aromatic heterocycles. The minimum Gasteiger partial charge on any atom is -0.341 e. The minimum atomic E-state index is -3.35. The lowest BCUT2D eigenvalue weighted by atomic mass is 10.3. The van der Waals surface area contributed by atoms with E-state index in [2.05, 4.69) is 5.32 Å². The minimum absolute atomic E-state index is 0.00781. The van der Waals surface area contributed by atoms with Crippen molar-refractivity contribution in [1.29, 1.82) is 0 Å². The summed E-state index contributed by atoms with van der Waals surface area (Å²) >= 11 is 5.45. The van der Waals surface area contributed by atoms with Gasteiger partial charge in [0.25, 0.3) is 0 Å². The van der Waals surface area contributed by atoms with Gasteiger partial charge in [-0.2, -0.15) is 0 Å². The van der Waals surface area contributed by atoms with Gasteiger partial charge in [-0.25, -0.2) is 0 Å². The number of alkyl halides is 1. The van der Waals surface area contributed by atoms with Gasteiger partial charge in [-0.15, -0.1) is 11.6 Å². The molecule has 0 radical (unpaired) electrons. The molecule has 1 amide bonds. The third-order valence-corrected chi connectivity index (χ3v) is 4.59. The highest BCUT2D eigenvalue weighted by atomic mass is 35.5. The van der Waals surface area contributed by atoms with E-state index in [1.807, 2.05) is 0 Å². The van der Waals surface area contributed by atoms with Crippen molar-refractivity contribution in [1.82, 2.24) is 5.32 Å². The highest BCUT2D eigenvalue weighted by Gasteiger charge is 2.33. The van der Waals surface area contributed by atoms with E-state index in [1.165, 1.54) is 0 Å². The molecule has 0 aliphatic heterocycles. The van der Waals surface area contributed by atoms with Gasteiger partial charge >= 0.3 is 7.60 Å². The molecule has 0 aromatic rings. The zero-order valence-electron chi connectivity index (χ0n) is 10.3. The molecular weight excluding hydrogens is 267 g/mol. The van der Waals surface area contributed by atoms with Crippen molar-refractivity contribution in [2.75, 3.05) is 19.1 Å². The van der Waals surface area contributed by atoms with E-state index in [1.54, 1.807) is 20.8 Å². The molecule has 0 saturated heterocycles. The zero-order valence-corrected chi connectivity index (χ0v) is 12.0. The molecule has 0 aliphatic rings. The quantitative estimate of drug-likeness (QED) is 0.518.